The monoisotopic (exact) mass is 265 g/mol. The smallest absolute Gasteiger partial charge is 0.329 e. The average Bonchev–Trinajstić information content (AvgIpc) is 2.63. The van der Waals surface area contributed by atoms with E-state index in [1.165, 1.54) is 4.90 Å². The van der Waals surface area contributed by atoms with Crippen LogP contribution in [0.5, 0.6) is 0 Å². The number of carbonyl (C=O) groups excluding carboxylic acids is 2. The van der Waals surface area contributed by atoms with Gasteiger partial charge in [-0.3, -0.25) is 4.79 Å². The van der Waals surface area contributed by atoms with Crippen LogP contribution in [-0.2, 0) is 4.79 Å². The van der Waals surface area contributed by atoms with Crippen molar-refractivity contribution in [1.29, 1.82) is 0 Å². The second kappa shape index (κ2) is 5.30. The van der Waals surface area contributed by atoms with Gasteiger partial charge in [-0.25, -0.2) is 9.69 Å². The molecule has 0 bridgehead atoms. The first kappa shape index (κ1) is 12.8. The summed E-state index contributed by atoms with van der Waals surface area (Å²) in [6.07, 6.45) is 2.62. The SMILES string of the molecule is CSCCC1NC(=O)N(c2ccc(N)cc2)C1=O. The summed E-state index contributed by atoms with van der Waals surface area (Å²) in [5, 5.41) is 2.69. The molecule has 1 heterocycles. The third-order valence-electron chi connectivity index (χ3n) is 2.78. The molecule has 1 atom stereocenters. The van der Waals surface area contributed by atoms with E-state index in [1.54, 1.807) is 36.0 Å². The zero-order chi connectivity index (χ0) is 13.1. The number of anilines is 2. The number of nitrogen functional groups attached to an aromatic ring is 1. The van der Waals surface area contributed by atoms with Gasteiger partial charge in [0.1, 0.15) is 6.04 Å². The number of carbonyl (C=O) groups is 2. The molecule has 0 aromatic heterocycles. The van der Waals surface area contributed by atoms with Crippen molar-refractivity contribution in [3.8, 4) is 0 Å². The number of imide groups is 1. The van der Waals surface area contributed by atoms with Gasteiger partial charge in [-0.2, -0.15) is 11.8 Å². The standard InChI is InChI=1S/C12H15N3O2S/c1-18-7-6-10-11(16)15(12(17)14-10)9-4-2-8(13)3-5-9/h2-5,10H,6-7,13H2,1H3,(H,14,17). The van der Waals surface area contributed by atoms with E-state index < -0.39 is 6.04 Å². The first-order valence-corrected chi connectivity index (χ1v) is 7.02. The van der Waals surface area contributed by atoms with Gasteiger partial charge in [0.15, 0.2) is 0 Å². The molecule has 1 saturated heterocycles. The lowest BCUT2D eigenvalue weighted by Gasteiger charge is -2.13. The van der Waals surface area contributed by atoms with E-state index in [4.69, 9.17) is 5.73 Å². The van der Waals surface area contributed by atoms with Crippen molar-refractivity contribution in [3.05, 3.63) is 24.3 Å². The summed E-state index contributed by atoms with van der Waals surface area (Å²) in [7, 11) is 0. The summed E-state index contributed by atoms with van der Waals surface area (Å²) in [4.78, 5) is 25.1. The normalized spacial score (nSPS) is 19.2. The maximum absolute atomic E-state index is 12.1. The molecule has 0 saturated carbocycles. The molecule has 2 rings (SSSR count). The third-order valence-corrected chi connectivity index (χ3v) is 3.43. The van der Waals surface area contributed by atoms with Gasteiger partial charge in [0, 0.05) is 5.69 Å². The molecule has 1 aromatic carbocycles. The second-order valence-corrected chi connectivity index (χ2v) is 5.03. The molecule has 1 aliphatic heterocycles. The first-order valence-electron chi connectivity index (χ1n) is 5.62. The molecule has 1 aromatic rings. The molecule has 1 aliphatic rings. The van der Waals surface area contributed by atoms with Crippen LogP contribution in [0.1, 0.15) is 6.42 Å². The minimum atomic E-state index is -0.414. The molecular weight excluding hydrogens is 250 g/mol. The van der Waals surface area contributed by atoms with Gasteiger partial charge in [-0.1, -0.05) is 0 Å². The Labute approximate surface area is 110 Å². The lowest BCUT2D eigenvalue weighted by Crippen LogP contribution is -2.31. The van der Waals surface area contributed by atoms with Crippen molar-refractivity contribution in [2.75, 3.05) is 22.6 Å². The van der Waals surface area contributed by atoms with Crippen molar-refractivity contribution < 1.29 is 9.59 Å². The highest BCUT2D eigenvalue weighted by Gasteiger charge is 2.38. The van der Waals surface area contributed by atoms with E-state index in [-0.39, 0.29) is 11.9 Å². The maximum atomic E-state index is 12.1. The molecule has 0 aliphatic carbocycles. The van der Waals surface area contributed by atoms with Gasteiger partial charge in [0.05, 0.1) is 5.69 Å². The highest BCUT2D eigenvalue weighted by atomic mass is 32.2. The van der Waals surface area contributed by atoms with Crippen LogP contribution >= 0.6 is 11.8 Å². The van der Waals surface area contributed by atoms with E-state index >= 15 is 0 Å². The number of hydrogen-bond acceptors (Lipinski definition) is 4. The Morgan fingerprint density at radius 3 is 2.61 bits per heavy atom. The number of hydrogen-bond donors (Lipinski definition) is 2. The number of benzene rings is 1. The summed E-state index contributed by atoms with van der Waals surface area (Å²) in [6.45, 7) is 0. The molecule has 5 nitrogen and oxygen atoms in total. The summed E-state index contributed by atoms with van der Waals surface area (Å²) < 4.78 is 0. The molecule has 1 unspecified atom stereocenters. The molecule has 0 radical (unpaired) electrons. The number of nitrogens with zero attached hydrogens (tertiary/aromatic N) is 1. The molecular formula is C12H15N3O2S. The van der Waals surface area contributed by atoms with Crippen LogP contribution in [0, 0.1) is 0 Å². The summed E-state index contributed by atoms with van der Waals surface area (Å²) >= 11 is 1.65. The van der Waals surface area contributed by atoms with Crippen LogP contribution in [0.3, 0.4) is 0 Å². The Balaban J connectivity index is 2.16. The van der Waals surface area contributed by atoms with E-state index in [2.05, 4.69) is 5.32 Å². The van der Waals surface area contributed by atoms with Crippen LogP contribution < -0.4 is 16.0 Å². The van der Waals surface area contributed by atoms with Gasteiger partial charge >= 0.3 is 6.03 Å². The van der Waals surface area contributed by atoms with E-state index in [1.807, 2.05) is 6.26 Å². The van der Waals surface area contributed by atoms with Crippen LogP contribution in [0.25, 0.3) is 0 Å². The van der Waals surface area contributed by atoms with Crippen molar-refractivity contribution in [1.82, 2.24) is 5.32 Å². The van der Waals surface area contributed by atoms with Crippen LogP contribution in [-0.4, -0.2) is 30.0 Å². The van der Waals surface area contributed by atoms with Gasteiger partial charge in [0.2, 0.25) is 0 Å². The number of nitrogens with one attached hydrogen (secondary N) is 1. The second-order valence-electron chi connectivity index (χ2n) is 4.05. The minimum Gasteiger partial charge on any atom is -0.399 e. The predicted molar refractivity (Wildman–Crippen MR) is 73.7 cm³/mol. The van der Waals surface area contributed by atoms with Crippen LogP contribution in [0.2, 0.25) is 0 Å². The Kier molecular flexibility index (Phi) is 3.76. The molecule has 1 fully saturated rings. The van der Waals surface area contributed by atoms with Gasteiger partial charge in [-0.05, 0) is 42.7 Å². The molecule has 0 spiro atoms. The molecule has 18 heavy (non-hydrogen) atoms. The van der Waals surface area contributed by atoms with Gasteiger partial charge in [-0.15, -0.1) is 0 Å². The molecule has 3 N–H and O–H groups in total. The Bertz CT molecular complexity index is 461. The number of amides is 3. The highest BCUT2D eigenvalue weighted by molar-refractivity contribution is 7.98. The van der Waals surface area contributed by atoms with E-state index in [0.29, 0.717) is 17.8 Å². The predicted octanol–water partition coefficient (Wildman–Crippen LogP) is 1.45. The summed E-state index contributed by atoms with van der Waals surface area (Å²) in [5.41, 5.74) is 6.74. The lowest BCUT2D eigenvalue weighted by molar-refractivity contribution is -0.118. The first-order chi connectivity index (χ1) is 8.63. The fourth-order valence-electron chi connectivity index (χ4n) is 1.83. The molecule has 6 heteroatoms. The quantitative estimate of drug-likeness (QED) is 0.638. The third kappa shape index (κ3) is 2.43. The number of rotatable bonds is 4. The maximum Gasteiger partial charge on any atom is 0.329 e. The Morgan fingerprint density at radius 1 is 1.33 bits per heavy atom. The number of nitrogens with two attached hydrogens (primary N) is 1. The van der Waals surface area contributed by atoms with Crippen molar-refractivity contribution in [2.45, 2.75) is 12.5 Å². The fraction of sp³-hybridized carbons (Fsp3) is 0.333. The van der Waals surface area contributed by atoms with Crippen molar-refractivity contribution in [3.63, 3.8) is 0 Å². The Hall–Kier alpha value is -1.69. The van der Waals surface area contributed by atoms with E-state index in [0.717, 1.165) is 5.75 Å². The zero-order valence-corrected chi connectivity index (χ0v) is 10.9. The summed E-state index contributed by atoms with van der Waals surface area (Å²) in [6, 6.07) is 5.91. The van der Waals surface area contributed by atoms with Gasteiger partial charge < -0.3 is 11.1 Å². The minimum absolute atomic E-state index is 0.196. The topological polar surface area (TPSA) is 75.4 Å². The van der Waals surface area contributed by atoms with Crippen molar-refractivity contribution >= 4 is 35.1 Å². The Morgan fingerprint density at radius 2 is 2.00 bits per heavy atom. The van der Waals surface area contributed by atoms with Crippen LogP contribution in [0.4, 0.5) is 16.2 Å². The van der Waals surface area contributed by atoms with E-state index in [9.17, 15) is 9.59 Å². The van der Waals surface area contributed by atoms with Gasteiger partial charge in [0.25, 0.3) is 5.91 Å². The van der Waals surface area contributed by atoms with Crippen LogP contribution in [0.15, 0.2) is 24.3 Å². The lowest BCUT2D eigenvalue weighted by atomic mass is 10.2. The average molecular weight is 265 g/mol. The zero-order valence-electron chi connectivity index (χ0n) is 10.1. The molecule has 96 valence electrons. The fourth-order valence-corrected chi connectivity index (χ4v) is 2.30. The van der Waals surface area contributed by atoms with Crippen molar-refractivity contribution in [2.24, 2.45) is 0 Å². The largest absolute Gasteiger partial charge is 0.399 e. The highest BCUT2D eigenvalue weighted by Crippen LogP contribution is 2.22. The number of urea groups is 1. The number of thioether (sulfide) groups is 1. The molecule has 3 amide bonds. The summed E-state index contributed by atoms with van der Waals surface area (Å²) in [5.74, 6) is 0.644.